The molecule has 0 spiro atoms. The number of aromatic nitrogens is 2. The molecule has 2 N–H and O–H groups in total. The van der Waals surface area contributed by atoms with Crippen LogP contribution in [0.15, 0.2) is 77.7 Å². The second-order valence-corrected chi connectivity index (χ2v) is 8.14. The summed E-state index contributed by atoms with van der Waals surface area (Å²) < 4.78 is 5.29. The Morgan fingerprint density at radius 2 is 1.76 bits per heavy atom. The third-order valence-electron chi connectivity index (χ3n) is 6.10. The van der Waals surface area contributed by atoms with Crippen molar-refractivity contribution in [3.05, 3.63) is 88.8 Å². The van der Waals surface area contributed by atoms with Crippen molar-refractivity contribution >= 4 is 28.1 Å². The maximum absolute atomic E-state index is 12.5. The fraction of sp³-hybridized carbons (Fsp3) is 0.231. The molecule has 1 saturated heterocycles. The van der Waals surface area contributed by atoms with Crippen LogP contribution in [-0.4, -0.2) is 43.3 Å². The van der Waals surface area contributed by atoms with Gasteiger partial charge in [-0.05, 0) is 60.7 Å². The van der Waals surface area contributed by atoms with Gasteiger partial charge in [0.05, 0.1) is 7.11 Å². The second kappa shape index (κ2) is 9.24. The molecule has 0 radical (unpaired) electrons. The predicted molar refractivity (Wildman–Crippen MR) is 134 cm³/mol. The third kappa shape index (κ3) is 4.62. The molecule has 0 amide bonds. The number of fused-ring (bicyclic) bond motifs is 1. The van der Waals surface area contributed by atoms with E-state index in [-0.39, 0.29) is 5.56 Å². The number of hydrogen-bond donors (Lipinski definition) is 2. The largest absolute Gasteiger partial charge is 0.497 e. The molecule has 168 valence electrons. The van der Waals surface area contributed by atoms with E-state index in [1.165, 1.54) is 5.69 Å². The molecule has 7 heteroatoms. The van der Waals surface area contributed by atoms with Gasteiger partial charge in [0.1, 0.15) is 11.6 Å². The smallest absolute Gasteiger partial charge is 0.253 e. The molecule has 1 fully saturated rings. The van der Waals surface area contributed by atoms with Crippen LogP contribution in [0.4, 0.5) is 17.2 Å². The van der Waals surface area contributed by atoms with E-state index < -0.39 is 0 Å². The monoisotopic (exact) mass is 441 g/mol. The van der Waals surface area contributed by atoms with Crippen LogP contribution >= 0.6 is 0 Å². The molecule has 0 bridgehead atoms. The minimum absolute atomic E-state index is 0.0810. The lowest BCUT2D eigenvalue weighted by Crippen LogP contribution is -2.46. The standard InChI is InChI=1S/C26H27N5O2/c1-33-23-9-10-24-19(17-23)16-20(26(32)29-24)18-28-21-5-7-22(8-6-21)30-12-14-31(15-13-30)25-4-2-3-11-27-25/h2-11,16-17,28H,12-15,18H2,1H3,(H,29,32). The van der Waals surface area contributed by atoms with Gasteiger partial charge in [0.15, 0.2) is 0 Å². The van der Waals surface area contributed by atoms with E-state index >= 15 is 0 Å². The number of methoxy groups -OCH3 is 1. The van der Waals surface area contributed by atoms with Crippen molar-refractivity contribution in [3.63, 3.8) is 0 Å². The van der Waals surface area contributed by atoms with E-state index in [1.54, 1.807) is 7.11 Å². The van der Waals surface area contributed by atoms with Crippen molar-refractivity contribution in [1.29, 1.82) is 0 Å². The van der Waals surface area contributed by atoms with Gasteiger partial charge in [-0.15, -0.1) is 0 Å². The Morgan fingerprint density at radius 1 is 0.970 bits per heavy atom. The summed E-state index contributed by atoms with van der Waals surface area (Å²) in [6.45, 7) is 4.27. The first-order valence-corrected chi connectivity index (χ1v) is 11.1. The van der Waals surface area contributed by atoms with Crippen molar-refractivity contribution < 1.29 is 4.74 Å². The molecule has 4 aromatic rings. The molecule has 2 aromatic heterocycles. The van der Waals surface area contributed by atoms with E-state index in [1.807, 2.05) is 42.6 Å². The lowest BCUT2D eigenvalue weighted by molar-refractivity contribution is 0.415. The summed E-state index contributed by atoms with van der Waals surface area (Å²) in [6.07, 6.45) is 1.84. The van der Waals surface area contributed by atoms with Crippen LogP contribution in [0.25, 0.3) is 10.9 Å². The molecule has 33 heavy (non-hydrogen) atoms. The number of rotatable bonds is 6. The van der Waals surface area contributed by atoms with Crippen LogP contribution in [0, 0.1) is 0 Å². The van der Waals surface area contributed by atoms with Crippen LogP contribution in [-0.2, 0) is 6.54 Å². The molecule has 1 aliphatic heterocycles. The third-order valence-corrected chi connectivity index (χ3v) is 6.10. The number of pyridine rings is 2. The predicted octanol–water partition coefficient (Wildman–Crippen LogP) is 3.87. The van der Waals surface area contributed by atoms with Crippen molar-refractivity contribution in [2.75, 3.05) is 48.4 Å². The molecular weight excluding hydrogens is 414 g/mol. The van der Waals surface area contributed by atoms with E-state index in [0.29, 0.717) is 12.1 Å². The number of H-pyrrole nitrogens is 1. The van der Waals surface area contributed by atoms with Crippen LogP contribution in [0.1, 0.15) is 5.56 Å². The number of piperazine rings is 1. The van der Waals surface area contributed by atoms with Crippen molar-refractivity contribution in [3.8, 4) is 5.75 Å². The van der Waals surface area contributed by atoms with Crippen LogP contribution < -0.4 is 25.4 Å². The Hall–Kier alpha value is -4.00. The first-order chi connectivity index (χ1) is 16.2. The second-order valence-electron chi connectivity index (χ2n) is 8.14. The zero-order chi connectivity index (χ0) is 22.6. The molecule has 5 rings (SSSR count). The number of nitrogens with zero attached hydrogens (tertiary/aromatic N) is 3. The molecule has 0 atom stereocenters. The average Bonchev–Trinajstić information content (AvgIpc) is 2.88. The lowest BCUT2D eigenvalue weighted by Gasteiger charge is -2.36. The summed E-state index contributed by atoms with van der Waals surface area (Å²) in [7, 11) is 1.64. The molecule has 0 aliphatic carbocycles. The normalized spacial score (nSPS) is 13.8. The number of aromatic amines is 1. The lowest BCUT2D eigenvalue weighted by atomic mass is 10.1. The first kappa shape index (κ1) is 20.9. The van der Waals surface area contributed by atoms with Crippen LogP contribution in [0.3, 0.4) is 0 Å². The van der Waals surface area contributed by atoms with Gasteiger partial charge >= 0.3 is 0 Å². The SMILES string of the molecule is COc1ccc2[nH]c(=O)c(CNc3ccc(N4CCN(c5ccccn5)CC4)cc3)cc2c1. The minimum atomic E-state index is -0.0810. The van der Waals surface area contributed by atoms with E-state index in [4.69, 9.17) is 4.74 Å². The fourth-order valence-corrected chi connectivity index (χ4v) is 4.21. The number of nitrogens with one attached hydrogen (secondary N) is 2. The maximum atomic E-state index is 12.5. The highest BCUT2D eigenvalue weighted by Gasteiger charge is 2.18. The Labute approximate surface area is 192 Å². The number of anilines is 3. The van der Waals surface area contributed by atoms with Gasteiger partial charge in [0, 0.05) is 66.8 Å². The number of ether oxygens (including phenoxy) is 1. The van der Waals surface area contributed by atoms with Gasteiger partial charge in [0.2, 0.25) is 0 Å². The highest BCUT2D eigenvalue weighted by Crippen LogP contribution is 2.22. The molecule has 0 unspecified atom stereocenters. The summed E-state index contributed by atoms with van der Waals surface area (Å²) in [5.41, 5.74) is 3.60. The maximum Gasteiger partial charge on any atom is 0.253 e. The minimum Gasteiger partial charge on any atom is -0.497 e. The Kier molecular flexibility index (Phi) is 5.85. The number of hydrogen-bond acceptors (Lipinski definition) is 6. The van der Waals surface area contributed by atoms with Crippen molar-refractivity contribution in [2.45, 2.75) is 6.54 Å². The van der Waals surface area contributed by atoms with E-state index in [0.717, 1.165) is 54.3 Å². The first-order valence-electron chi connectivity index (χ1n) is 11.1. The average molecular weight is 442 g/mol. The van der Waals surface area contributed by atoms with E-state index in [9.17, 15) is 4.79 Å². The molecular formula is C26H27N5O2. The van der Waals surface area contributed by atoms with Gasteiger partial charge in [-0.1, -0.05) is 6.07 Å². The van der Waals surface area contributed by atoms with Crippen molar-refractivity contribution in [1.82, 2.24) is 9.97 Å². The summed E-state index contributed by atoms with van der Waals surface area (Å²) in [6, 6.07) is 22.0. The summed E-state index contributed by atoms with van der Waals surface area (Å²) in [4.78, 5) is 24.6. The zero-order valence-electron chi connectivity index (χ0n) is 18.6. The van der Waals surface area contributed by atoms with Gasteiger partial charge in [-0.25, -0.2) is 4.98 Å². The van der Waals surface area contributed by atoms with Gasteiger partial charge < -0.3 is 24.8 Å². The quantitative estimate of drug-likeness (QED) is 0.473. The molecule has 7 nitrogen and oxygen atoms in total. The summed E-state index contributed by atoms with van der Waals surface area (Å²) >= 11 is 0. The Morgan fingerprint density at radius 3 is 2.48 bits per heavy atom. The molecule has 1 aliphatic rings. The topological polar surface area (TPSA) is 73.5 Å². The van der Waals surface area contributed by atoms with Gasteiger partial charge in [-0.3, -0.25) is 4.79 Å². The highest BCUT2D eigenvalue weighted by atomic mass is 16.5. The number of benzene rings is 2. The zero-order valence-corrected chi connectivity index (χ0v) is 18.6. The fourth-order valence-electron chi connectivity index (χ4n) is 4.21. The highest BCUT2D eigenvalue weighted by molar-refractivity contribution is 5.80. The molecule has 2 aromatic carbocycles. The molecule has 0 saturated carbocycles. The van der Waals surface area contributed by atoms with Crippen LogP contribution in [0.5, 0.6) is 5.75 Å². The Balaban J connectivity index is 1.21. The van der Waals surface area contributed by atoms with E-state index in [2.05, 4.69) is 55.4 Å². The summed E-state index contributed by atoms with van der Waals surface area (Å²) in [5, 5.41) is 4.32. The van der Waals surface area contributed by atoms with Gasteiger partial charge in [0.25, 0.3) is 5.56 Å². The summed E-state index contributed by atoms with van der Waals surface area (Å²) in [5.74, 6) is 1.81. The van der Waals surface area contributed by atoms with Crippen molar-refractivity contribution in [2.24, 2.45) is 0 Å². The van der Waals surface area contributed by atoms with Gasteiger partial charge in [-0.2, -0.15) is 0 Å². The van der Waals surface area contributed by atoms with Crippen LogP contribution in [0.2, 0.25) is 0 Å². The Bertz CT molecular complexity index is 1280. The molecule has 3 heterocycles.